The molecule has 4 aliphatic rings. The summed E-state index contributed by atoms with van der Waals surface area (Å²) in [5, 5.41) is 38.4. The highest BCUT2D eigenvalue weighted by Crippen LogP contribution is 2.43. The number of hydrogen-bond acceptors (Lipinski definition) is 9. The van der Waals surface area contributed by atoms with Crippen LogP contribution in [0.5, 0.6) is 5.75 Å². The SMILES string of the molecule is Cc1cc(C(=O)NCCCCC(NC(=O)c2ccc(-c3c4ccc(=[N+](C)C)cc-4oc4cc(N(C)C)ccc34)c(C(=O)O)c2)C(=O)O)ccc1-c1c2ccc(=O)cc-2oc2cc(O)ccc12. The van der Waals surface area contributed by atoms with Crippen LogP contribution in [0.15, 0.2) is 123 Å². The summed E-state index contributed by atoms with van der Waals surface area (Å²) >= 11 is 0. The zero-order chi connectivity index (χ0) is 47.0. The fourth-order valence-corrected chi connectivity index (χ4v) is 8.31. The third-order valence-corrected chi connectivity index (χ3v) is 11.7. The summed E-state index contributed by atoms with van der Waals surface area (Å²) in [5.41, 5.74) is 6.60. The minimum atomic E-state index is -1.28. The predicted octanol–water partition coefficient (Wildman–Crippen LogP) is 7.68. The van der Waals surface area contributed by atoms with Crippen molar-refractivity contribution in [1.82, 2.24) is 15.2 Å². The molecule has 66 heavy (non-hydrogen) atoms. The number of phenols is 1. The molecule has 0 fully saturated rings. The third-order valence-electron chi connectivity index (χ3n) is 11.7. The van der Waals surface area contributed by atoms with Gasteiger partial charge in [-0.1, -0.05) is 12.1 Å². The zero-order valence-electron chi connectivity index (χ0n) is 36.9. The summed E-state index contributed by atoms with van der Waals surface area (Å²) in [6.45, 7) is 2.11. The van der Waals surface area contributed by atoms with E-state index in [4.69, 9.17) is 8.83 Å². The maximum absolute atomic E-state index is 13.6. The molecule has 0 bridgehead atoms. The summed E-state index contributed by atoms with van der Waals surface area (Å²) < 4.78 is 14.3. The number of benzene rings is 6. The second-order valence-corrected chi connectivity index (χ2v) is 16.7. The summed E-state index contributed by atoms with van der Waals surface area (Å²) in [4.78, 5) is 66.1. The fourth-order valence-electron chi connectivity index (χ4n) is 8.31. The topological polar surface area (TPSA) is 203 Å². The molecule has 4 aromatic rings. The van der Waals surface area contributed by atoms with Gasteiger partial charge in [0.05, 0.1) is 11.6 Å². The Labute approximate surface area is 378 Å². The van der Waals surface area contributed by atoms with E-state index >= 15 is 0 Å². The van der Waals surface area contributed by atoms with Crippen molar-refractivity contribution in [3.05, 3.63) is 147 Å². The van der Waals surface area contributed by atoms with Crippen LogP contribution >= 0.6 is 0 Å². The van der Waals surface area contributed by atoms with Crippen LogP contribution in [0.25, 0.3) is 66.8 Å². The van der Waals surface area contributed by atoms with Gasteiger partial charge in [0, 0.05) is 94.7 Å². The number of nitrogens with zero attached hydrogens (tertiary/aromatic N) is 2. The molecule has 8 rings (SSSR count). The minimum Gasteiger partial charge on any atom is -0.508 e. The molecule has 5 N–H and O–H groups in total. The number of phenolic OH excluding ortho intramolecular Hbond substituents is 1. The van der Waals surface area contributed by atoms with Gasteiger partial charge in [0.25, 0.3) is 11.8 Å². The molecular formula is C52H47N4O10+. The van der Waals surface area contributed by atoms with Crippen molar-refractivity contribution in [2.24, 2.45) is 0 Å². The number of amides is 2. The number of unbranched alkanes of at least 4 members (excludes halogenated alkanes) is 1. The van der Waals surface area contributed by atoms with Gasteiger partial charge in [0.2, 0.25) is 5.36 Å². The number of anilines is 1. The monoisotopic (exact) mass is 887 g/mol. The Kier molecular flexibility index (Phi) is 12.2. The number of carbonyl (C=O) groups excluding carboxylic acids is 2. The molecule has 2 heterocycles. The average molecular weight is 888 g/mol. The molecule has 1 atom stereocenters. The Morgan fingerprint density at radius 3 is 1.97 bits per heavy atom. The lowest BCUT2D eigenvalue weighted by Gasteiger charge is -2.19. The first-order valence-corrected chi connectivity index (χ1v) is 21.3. The van der Waals surface area contributed by atoms with Crippen molar-refractivity contribution < 1.29 is 43.3 Å². The van der Waals surface area contributed by atoms with E-state index in [-0.39, 0.29) is 41.2 Å². The van der Waals surface area contributed by atoms with Crippen LogP contribution in [0.4, 0.5) is 5.69 Å². The molecule has 2 amide bonds. The van der Waals surface area contributed by atoms with Crippen LogP contribution in [0.3, 0.4) is 0 Å². The van der Waals surface area contributed by atoms with Crippen molar-refractivity contribution in [3.8, 4) is 50.7 Å². The lowest BCUT2D eigenvalue weighted by Crippen LogP contribution is -2.41. The number of carbonyl (C=O) groups is 4. The van der Waals surface area contributed by atoms with Crippen molar-refractivity contribution >= 4 is 51.4 Å². The van der Waals surface area contributed by atoms with Gasteiger partial charge in [-0.2, -0.15) is 0 Å². The summed E-state index contributed by atoms with van der Waals surface area (Å²) in [6, 6.07) is 29.0. The molecule has 2 aliphatic heterocycles. The largest absolute Gasteiger partial charge is 0.508 e. The molecule has 1 unspecified atom stereocenters. The molecule has 0 spiro atoms. The number of aromatic hydroxyl groups is 1. The smallest absolute Gasteiger partial charge is 0.336 e. The summed E-state index contributed by atoms with van der Waals surface area (Å²) in [7, 11) is 7.64. The minimum absolute atomic E-state index is 0.0157. The molecule has 0 saturated carbocycles. The van der Waals surface area contributed by atoms with Crippen molar-refractivity contribution in [2.75, 3.05) is 39.6 Å². The van der Waals surface area contributed by atoms with Gasteiger partial charge in [-0.3, -0.25) is 14.4 Å². The number of nitrogens with one attached hydrogen (secondary N) is 2. The van der Waals surface area contributed by atoms with Crippen LogP contribution in [0.1, 0.15) is 55.9 Å². The molecule has 0 radical (unpaired) electrons. The summed E-state index contributed by atoms with van der Waals surface area (Å²) in [6.07, 6.45) is 0.817. The van der Waals surface area contributed by atoms with E-state index in [1.54, 1.807) is 36.4 Å². The molecule has 2 aliphatic carbocycles. The molecule has 0 aromatic heterocycles. The number of fused-ring (bicyclic) bond motifs is 4. The lowest BCUT2D eigenvalue weighted by atomic mass is 9.89. The van der Waals surface area contributed by atoms with Gasteiger partial charge in [0.15, 0.2) is 5.43 Å². The number of rotatable bonds is 13. The van der Waals surface area contributed by atoms with Gasteiger partial charge in [-0.25, -0.2) is 14.2 Å². The maximum atomic E-state index is 13.6. The highest BCUT2D eigenvalue weighted by molar-refractivity contribution is 6.10. The molecule has 14 nitrogen and oxygen atoms in total. The van der Waals surface area contributed by atoms with Crippen molar-refractivity contribution in [1.29, 1.82) is 0 Å². The van der Waals surface area contributed by atoms with E-state index < -0.39 is 23.9 Å². The zero-order valence-corrected chi connectivity index (χ0v) is 36.9. The number of carboxylic acids is 2. The highest BCUT2D eigenvalue weighted by atomic mass is 16.4. The Hall–Kier alpha value is -8.26. The van der Waals surface area contributed by atoms with Gasteiger partial charge in [0.1, 0.15) is 48.6 Å². The van der Waals surface area contributed by atoms with Crippen molar-refractivity contribution in [2.45, 2.75) is 32.2 Å². The standard InChI is InChI=1S/C52H46N4O10/c1-28-22-29(9-15-35(28)47-39-19-13-33(57)26-45(39)66-46-27-34(58)14-20-40(46)47)49(59)53-21-7-6-8-42(52(63)64)54-50(60)30-10-16-36(41(23-30)51(61)62)48-37-17-11-31(55(2)3)24-43(37)65-44-25-32(56(4)5)12-18-38(44)48/h9-20,22-27,42H,6-8,21H2,1-5H3,(H4-,53,54,57,58,59,60,61,62,63,64)/p+1. The molecule has 334 valence electrons. The molecular weight excluding hydrogens is 841 g/mol. The third kappa shape index (κ3) is 8.80. The van der Waals surface area contributed by atoms with E-state index in [0.29, 0.717) is 68.7 Å². The number of aliphatic carboxylic acids is 1. The number of hydrogen-bond donors (Lipinski definition) is 5. The second kappa shape index (κ2) is 18.1. The normalized spacial score (nSPS) is 11.8. The van der Waals surface area contributed by atoms with Crippen LogP contribution in [-0.4, -0.2) is 79.8 Å². The van der Waals surface area contributed by atoms with Crippen molar-refractivity contribution in [3.63, 3.8) is 0 Å². The Balaban J connectivity index is 0.947. The molecule has 14 heteroatoms. The van der Waals surface area contributed by atoms with E-state index in [2.05, 4.69) is 10.6 Å². The van der Waals surface area contributed by atoms with E-state index in [1.165, 1.54) is 30.3 Å². The van der Waals surface area contributed by atoms with E-state index in [0.717, 1.165) is 33.1 Å². The Bertz CT molecular complexity index is 3330. The first-order valence-electron chi connectivity index (χ1n) is 21.3. The fraction of sp³-hybridized carbons (Fsp3) is 0.192. The predicted molar refractivity (Wildman–Crippen MR) is 253 cm³/mol. The lowest BCUT2D eigenvalue weighted by molar-refractivity contribution is -0.139. The molecule has 4 aromatic carbocycles. The number of carboxylic acid groups (broad SMARTS) is 2. The summed E-state index contributed by atoms with van der Waals surface area (Å²) in [5.74, 6) is -2.67. The number of aryl methyl sites for hydroxylation is 1. The van der Waals surface area contributed by atoms with Crippen LogP contribution in [0, 0.1) is 6.92 Å². The number of aromatic carboxylic acids is 1. The highest BCUT2D eigenvalue weighted by Gasteiger charge is 2.26. The Morgan fingerprint density at radius 1 is 0.682 bits per heavy atom. The maximum Gasteiger partial charge on any atom is 0.336 e. The van der Waals surface area contributed by atoms with Crippen LogP contribution in [-0.2, 0) is 4.79 Å². The average Bonchev–Trinajstić information content (AvgIpc) is 3.28. The van der Waals surface area contributed by atoms with Gasteiger partial charge < -0.3 is 39.7 Å². The Morgan fingerprint density at radius 2 is 1.30 bits per heavy atom. The first-order chi connectivity index (χ1) is 31.6. The van der Waals surface area contributed by atoms with E-state index in [1.807, 2.05) is 87.1 Å². The van der Waals surface area contributed by atoms with Crippen LogP contribution in [0.2, 0.25) is 0 Å². The second-order valence-electron chi connectivity index (χ2n) is 16.7. The van der Waals surface area contributed by atoms with Gasteiger partial charge in [-0.05, 0) is 110 Å². The quantitative estimate of drug-likeness (QED) is 0.0432. The van der Waals surface area contributed by atoms with E-state index in [9.17, 15) is 39.3 Å². The molecule has 0 saturated heterocycles. The first kappa shape index (κ1) is 44.4. The van der Waals surface area contributed by atoms with Gasteiger partial charge >= 0.3 is 11.9 Å². The van der Waals surface area contributed by atoms with Crippen LogP contribution < -0.4 is 30.9 Å². The van der Waals surface area contributed by atoms with Gasteiger partial charge in [-0.15, -0.1) is 0 Å².